The Bertz CT molecular complexity index is 860. The van der Waals surface area contributed by atoms with E-state index in [2.05, 4.69) is 102 Å². The third-order valence-electron chi connectivity index (χ3n) is 5.90. The number of benzene rings is 2. The van der Waals surface area contributed by atoms with Crippen LogP contribution in [0, 0.1) is 6.92 Å². The maximum Gasteiger partial charge on any atom is 0.0631 e. The second-order valence-corrected chi connectivity index (χ2v) is 9.32. The molecule has 0 N–H and O–H groups in total. The number of aryl methyl sites for hydroxylation is 1. The van der Waals surface area contributed by atoms with Crippen molar-refractivity contribution in [2.75, 3.05) is 23.9 Å². The minimum Gasteiger partial charge on any atom is -0.378 e. The van der Waals surface area contributed by atoms with Gasteiger partial charge in [-0.05, 0) is 100 Å². The summed E-state index contributed by atoms with van der Waals surface area (Å²) in [5.74, 6) is 0.548. The van der Waals surface area contributed by atoms with Crippen molar-refractivity contribution in [3.05, 3.63) is 53.1 Å². The first kappa shape index (κ1) is 20.4. The first-order chi connectivity index (χ1) is 13.1. The quantitative estimate of drug-likeness (QED) is 0.581. The van der Waals surface area contributed by atoms with Gasteiger partial charge in [-0.1, -0.05) is 6.92 Å². The van der Waals surface area contributed by atoms with Gasteiger partial charge in [-0.25, -0.2) is 0 Å². The highest BCUT2D eigenvalue weighted by atomic mass is 15.2. The van der Waals surface area contributed by atoms with E-state index < -0.39 is 0 Å². The Hall–Kier alpha value is -2.29. The largest absolute Gasteiger partial charge is 0.378 e. The molecule has 0 unspecified atom stereocenters. The van der Waals surface area contributed by atoms with Crippen LogP contribution in [-0.2, 0) is 0 Å². The SMILES string of the molecule is Cc1cc2c(cc1C=Nc1ccc(N(C)C)cc1)[C@H](C)CC(C)(C)N2C(C)C. The summed E-state index contributed by atoms with van der Waals surface area (Å²) < 4.78 is 0. The van der Waals surface area contributed by atoms with Crippen LogP contribution in [0.1, 0.15) is 63.6 Å². The molecule has 0 saturated carbocycles. The maximum absolute atomic E-state index is 4.74. The fourth-order valence-corrected chi connectivity index (χ4v) is 4.71. The summed E-state index contributed by atoms with van der Waals surface area (Å²) in [6, 6.07) is 13.6. The van der Waals surface area contributed by atoms with E-state index in [4.69, 9.17) is 4.99 Å². The second kappa shape index (κ2) is 7.62. The normalized spacial score (nSPS) is 18.6. The Labute approximate surface area is 171 Å². The lowest BCUT2D eigenvalue weighted by Gasteiger charge is -2.50. The van der Waals surface area contributed by atoms with Crippen LogP contribution in [0.15, 0.2) is 41.4 Å². The van der Waals surface area contributed by atoms with Crippen LogP contribution < -0.4 is 9.80 Å². The van der Waals surface area contributed by atoms with Crippen molar-refractivity contribution >= 4 is 23.3 Å². The van der Waals surface area contributed by atoms with Gasteiger partial charge in [0.15, 0.2) is 0 Å². The molecule has 150 valence electrons. The Balaban J connectivity index is 1.95. The monoisotopic (exact) mass is 377 g/mol. The predicted octanol–water partition coefficient (Wildman–Crippen LogP) is 6.31. The number of aliphatic imine (C=N–C) groups is 1. The highest BCUT2D eigenvalue weighted by Gasteiger charge is 2.37. The van der Waals surface area contributed by atoms with E-state index in [9.17, 15) is 0 Å². The average Bonchev–Trinajstić information content (AvgIpc) is 2.59. The van der Waals surface area contributed by atoms with Gasteiger partial charge in [-0.15, -0.1) is 0 Å². The molecule has 3 nitrogen and oxygen atoms in total. The van der Waals surface area contributed by atoms with Crippen LogP contribution in [0.4, 0.5) is 17.1 Å². The lowest BCUT2D eigenvalue weighted by atomic mass is 9.78. The number of hydrogen-bond acceptors (Lipinski definition) is 3. The van der Waals surface area contributed by atoms with Gasteiger partial charge in [0.05, 0.1) is 5.69 Å². The highest BCUT2D eigenvalue weighted by molar-refractivity contribution is 5.86. The van der Waals surface area contributed by atoms with E-state index in [1.54, 1.807) is 0 Å². The Kier molecular flexibility index (Phi) is 5.56. The van der Waals surface area contributed by atoms with Crippen molar-refractivity contribution in [1.29, 1.82) is 0 Å². The third kappa shape index (κ3) is 3.94. The molecule has 0 aromatic heterocycles. The molecule has 1 aliphatic heterocycles. The van der Waals surface area contributed by atoms with Gasteiger partial charge in [0.1, 0.15) is 0 Å². The van der Waals surface area contributed by atoms with Crippen LogP contribution >= 0.6 is 0 Å². The van der Waals surface area contributed by atoms with E-state index in [1.807, 2.05) is 6.21 Å². The van der Waals surface area contributed by atoms with Gasteiger partial charge in [-0.2, -0.15) is 0 Å². The maximum atomic E-state index is 4.74. The number of hydrogen-bond donors (Lipinski definition) is 0. The first-order valence-corrected chi connectivity index (χ1v) is 10.4. The van der Waals surface area contributed by atoms with Gasteiger partial charge < -0.3 is 9.80 Å². The molecule has 0 spiro atoms. The average molecular weight is 378 g/mol. The van der Waals surface area contributed by atoms with Crippen molar-refractivity contribution in [3.63, 3.8) is 0 Å². The fraction of sp³-hybridized carbons (Fsp3) is 0.480. The third-order valence-corrected chi connectivity index (χ3v) is 5.90. The van der Waals surface area contributed by atoms with E-state index in [0.717, 1.165) is 5.69 Å². The summed E-state index contributed by atoms with van der Waals surface area (Å²) in [4.78, 5) is 9.43. The molecular weight excluding hydrogens is 342 g/mol. The molecule has 1 aliphatic rings. The molecule has 0 amide bonds. The fourth-order valence-electron chi connectivity index (χ4n) is 4.71. The molecule has 3 heteroatoms. The van der Waals surface area contributed by atoms with E-state index in [1.165, 1.54) is 34.5 Å². The Morgan fingerprint density at radius 1 is 1.14 bits per heavy atom. The second-order valence-electron chi connectivity index (χ2n) is 9.32. The molecule has 2 aromatic carbocycles. The summed E-state index contributed by atoms with van der Waals surface area (Å²) >= 11 is 0. The van der Waals surface area contributed by atoms with Crippen LogP contribution in [0.5, 0.6) is 0 Å². The minimum absolute atomic E-state index is 0.177. The van der Waals surface area contributed by atoms with Gasteiger partial charge in [0.2, 0.25) is 0 Å². The molecule has 1 atom stereocenters. The highest BCUT2D eigenvalue weighted by Crippen LogP contribution is 2.45. The predicted molar refractivity (Wildman–Crippen MR) is 124 cm³/mol. The lowest BCUT2D eigenvalue weighted by molar-refractivity contribution is 0.356. The van der Waals surface area contributed by atoms with Crippen molar-refractivity contribution in [1.82, 2.24) is 0 Å². The van der Waals surface area contributed by atoms with Crippen LogP contribution in [0.3, 0.4) is 0 Å². The van der Waals surface area contributed by atoms with Crippen molar-refractivity contribution in [3.8, 4) is 0 Å². The molecule has 0 saturated heterocycles. The Morgan fingerprint density at radius 2 is 1.79 bits per heavy atom. The number of fused-ring (bicyclic) bond motifs is 1. The topological polar surface area (TPSA) is 18.8 Å². The van der Waals surface area contributed by atoms with E-state index >= 15 is 0 Å². The minimum atomic E-state index is 0.177. The number of nitrogens with zero attached hydrogens (tertiary/aromatic N) is 3. The van der Waals surface area contributed by atoms with Gasteiger partial charge in [0, 0.05) is 43.3 Å². The molecule has 0 radical (unpaired) electrons. The first-order valence-electron chi connectivity index (χ1n) is 10.4. The van der Waals surface area contributed by atoms with Crippen molar-refractivity contribution in [2.45, 2.75) is 65.5 Å². The molecule has 2 aromatic rings. The Morgan fingerprint density at radius 3 is 2.36 bits per heavy atom. The number of anilines is 2. The molecule has 0 bridgehead atoms. The molecule has 28 heavy (non-hydrogen) atoms. The molecule has 0 fully saturated rings. The van der Waals surface area contributed by atoms with Gasteiger partial charge in [-0.3, -0.25) is 4.99 Å². The zero-order valence-corrected chi connectivity index (χ0v) is 18.7. The van der Waals surface area contributed by atoms with Crippen LogP contribution in [0.2, 0.25) is 0 Å². The van der Waals surface area contributed by atoms with E-state index in [0.29, 0.717) is 12.0 Å². The van der Waals surface area contributed by atoms with Crippen molar-refractivity contribution in [2.24, 2.45) is 4.99 Å². The van der Waals surface area contributed by atoms with E-state index in [-0.39, 0.29) is 5.54 Å². The summed E-state index contributed by atoms with van der Waals surface area (Å²) in [5.41, 5.74) is 7.69. The summed E-state index contributed by atoms with van der Waals surface area (Å²) in [6.45, 7) is 13.9. The van der Waals surface area contributed by atoms with Crippen LogP contribution in [0.25, 0.3) is 0 Å². The lowest BCUT2D eigenvalue weighted by Crippen LogP contribution is -2.51. The molecular formula is C25H35N3. The molecule has 3 rings (SSSR count). The molecule has 1 heterocycles. The summed E-state index contributed by atoms with van der Waals surface area (Å²) in [5, 5.41) is 0. The summed E-state index contributed by atoms with van der Waals surface area (Å²) in [7, 11) is 4.11. The molecule has 0 aliphatic carbocycles. The van der Waals surface area contributed by atoms with Gasteiger partial charge in [0.25, 0.3) is 0 Å². The zero-order chi connectivity index (χ0) is 20.6. The number of rotatable bonds is 4. The standard InChI is InChI=1S/C25H35N3/c1-17(2)28-24-13-18(3)20(14-23(24)19(4)15-25(28,5)6)16-26-21-9-11-22(12-10-21)27(7)8/h9-14,16-17,19H,15H2,1-8H3/t19-/m1/s1. The zero-order valence-electron chi connectivity index (χ0n) is 18.7. The van der Waals surface area contributed by atoms with Gasteiger partial charge >= 0.3 is 0 Å². The summed E-state index contributed by atoms with van der Waals surface area (Å²) in [6.07, 6.45) is 3.19. The smallest absolute Gasteiger partial charge is 0.0631 e. The van der Waals surface area contributed by atoms with Crippen molar-refractivity contribution < 1.29 is 0 Å². The van der Waals surface area contributed by atoms with Crippen LogP contribution in [-0.4, -0.2) is 31.9 Å².